The lowest BCUT2D eigenvalue weighted by Gasteiger charge is -2.11. The Kier molecular flexibility index (Phi) is 3.94. The van der Waals surface area contributed by atoms with Gasteiger partial charge in [0.25, 0.3) is 5.91 Å². The summed E-state index contributed by atoms with van der Waals surface area (Å²) in [6, 6.07) is 10.7. The fourth-order valence-electron chi connectivity index (χ4n) is 1.89. The molecule has 104 valence electrons. The highest BCUT2D eigenvalue weighted by molar-refractivity contribution is 6.05. The number of benzene rings is 2. The number of amides is 1. The number of methoxy groups -OCH3 is 1. The van der Waals surface area contributed by atoms with Crippen molar-refractivity contribution in [2.75, 3.05) is 18.2 Å². The predicted octanol–water partition coefficient (Wildman–Crippen LogP) is 3.15. The van der Waals surface area contributed by atoms with E-state index in [0.717, 1.165) is 11.1 Å². The minimum atomic E-state index is -0.170. The largest absolute Gasteiger partial charge is 0.494 e. The number of hydrogen-bond donors (Lipinski definition) is 2. The van der Waals surface area contributed by atoms with E-state index >= 15 is 0 Å². The Labute approximate surface area is 118 Å². The zero-order valence-electron chi connectivity index (χ0n) is 11.9. The van der Waals surface area contributed by atoms with Crippen molar-refractivity contribution in [1.29, 1.82) is 0 Å². The first-order chi connectivity index (χ1) is 9.51. The number of nitrogen functional groups attached to an aromatic ring is 1. The third kappa shape index (κ3) is 2.91. The lowest BCUT2D eigenvalue weighted by Crippen LogP contribution is -2.13. The van der Waals surface area contributed by atoms with Crippen molar-refractivity contribution in [3.05, 3.63) is 53.1 Å². The maximum atomic E-state index is 12.2. The molecule has 0 saturated heterocycles. The van der Waals surface area contributed by atoms with E-state index in [2.05, 4.69) is 5.32 Å². The lowest BCUT2D eigenvalue weighted by molar-refractivity contribution is 0.102. The fraction of sp³-hybridized carbons (Fsp3) is 0.188. The van der Waals surface area contributed by atoms with Crippen LogP contribution in [0.4, 0.5) is 11.4 Å². The summed E-state index contributed by atoms with van der Waals surface area (Å²) in [4.78, 5) is 12.2. The quantitative estimate of drug-likeness (QED) is 0.842. The minimum absolute atomic E-state index is 0.170. The van der Waals surface area contributed by atoms with E-state index in [1.54, 1.807) is 31.4 Å². The van der Waals surface area contributed by atoms with Gasteiger partial charge in [0.1, 0.15) is 5.75 Å². The van der Waals surface area contributed by atoms with Crippen molar-refractivity contribution >= 4 is 17.3 Å². The highest BCUT2D eigenvalue weighted by Gasteiger charge is 2.10. The topological polar surface area (TPSA) is 64.3 Å². The van der Waals surface area contributed by atoms with Crippen molar-refractivity contribution in [3.8, 4) is 5.75 Å². The maximum absolute atomic E-state index is 12.2. The van der Waals surface area contributed by atoms with Crippen LogP contribution >= 0.6 is 0 Å². The number of carbonyl (C=O) groups excluding carboxylic acids is 1. The van der Waals surface area contributed by atoms with Crippen LogP contribution in [-0.2, 0) is 0 Å². The molecule has 1 amide bonds. The van der Waals surface area contributed by atoms with E-state index < -0.39 is 0 Å². The van der Waals surface area contributed by atoms with Crippen molar-refractivity contribution in [3.63, 3.8) is 0 Å². The van der Waals surface area contributed by atoms with E-state index in [-0.39, 0.29) is 5.91 Å². The molecular formula is C16H18N2O2. The Hall–Kier alpha value is -2.49. The molecule has 0 heterocycles. The van der Waals surface area contributed by atoms with Gasteiger partial charge in [0, 0.05) is 17.3 Å². The highest BCUT2D eigenvalue weighted by Crippen LogP contribution is 2.27. The molecule has 2 aromatic carbocycles. The van der Waals surface area contributed by atoms with Gasteiger partial charge in [-0.1, -0.05) is 6.07 Å². The first kappa shape index (κ1) is 13.9. The molecule has 20 heavy (non-hydrogen) atoms. The number of nitrogens with two attached hydrogens (primary N) is 1. The number of anilines is 2. The first-order valence-corrected chi connectivity index (χ1v) is 6.33. The SMILES string of the molecule is COc1cc(N)ccc1NC(=O)c1ccc(C)c(C)c1. The summed E-state index contributed by atoms with van der Waals surface area (Å²) in [6.45, 7) is 4.00. The van der Waals surface area contributed by atoms with Crippen LogP contribution < -0.4 is 15.8 Å². The van der Waals surface area contributed by atoms with E-state index in [9.17, 15) is 4.79 Å². The summed E-state index contributed by atoms with van der Waals surface area (Å²) in [7, 11) is 1.54. The number of ether oxygens (including phenoxy) is 1. The molecule has 4 nitrogen and oxygen atoms in total. The Bertz CT molecular complexity index is 651. The van der Waals surface area contributed by atoms with Gasteiger partial charge < -0.3 is 15.8 Å². The number of rotatable bonds is 3. The highest BCUT2D eigenvalue weighted by atomic mass is 16.5. The van der Waals surface area contributed by atoms with Crippen LogP contribution in [0.2, 0.25) is 0 Å². The summed E-state index contributed by atoms with van der Waals surface area (Å²) in [6.07, 6.45) is 0. The molecule has 0 fully saturated rings. The average molecular weight is 270 g/mol. The van der Waals surface area contributed by atoms with Gasteiger partial charge >= 0.3 is 0 Å². The zero-order chi connectivity index (χ0) is 14.7. The molecule has 0 aromatic heterocycles. The van der Waals surface area contributed by atoms with Crippen LogP contribution in [0, 0.1) is 13.8 Å². The first-order valence-electron chi connectivity index (χ1n) is 6.33. The third-order valence-electron chi connectivity index (χ3n) is 3.24. The van der Waals surface area contributed by atoms with Gasteiger partial charge in [0.15, 0.2) is 0 Å². The number of nitrogens with one attached hydrogen (secondary N) is 1. The number of hydrogen-bond acceptors (Lipinski definition) is 3. The Morgan fingerprint density at radius 1 is 1.10 bits per heavy atom. The van der Waals surface area contributed by atoms with Crippen LogP contribution in [-0.4, -0.2) is 13.0 Å². The van der Waals surface area contributed by atoms with Gasteiger partial charge in [-0.05, 0) is 49.2 Å². The predicted molar refractivity (Wildman–Crippen MR) is 81.3 cm³/mol. The number of carbonyl (C=O) groups is 1. The van der Waals surface area contributed by atoms with Crippen molar-refractivity contribution in [2.24, 2.45) is 0 Å². The standard InChI is InChI=1S/C16H18N2O2/c1-10-4-5-12(8-11(10)2)16(19)18-14-7-6-13(17)9-15(14)20-3/h4-9H,17H2,1-3H3,(H,18,19). The monoisotopic (exact) mass is 270 g/mol. The summed E-state index contributed by atoms with van der Waals surface area (Å²) < 4.78 is 5.21. The molecule has 2 rings (SSSR count). The van der Waals surface area contributed by atoms with Gasteiger partial charge in [0.2, 0.25) is 0 Å². The van der Waals surface area contributed by atoms with Crippen LogP contribution in [0.25, 0.3) is 0 Å². The molecule has 0 unspecified atom stereocenters. The van der Waals surface area contributed by atoms with Crippen LogP contribution in [0.1, 0.15) is 21.5 Å². The molecule has 0 saturated carbocycles. The lowest BCUT2D eigenvalue weighted by atomic mass is 10.1. The van der Waals surface area contributed by atoms with Gasteiger partial charge in [-0.25, -0.2) is 0 Å². The Balaban J connectivity index is 2.25. The molecule has 0 aliphatic carbocycles. The molecule has 0 atom stereocenters. The van der Waals surface area contributed by atoms with E-state index in [1.807, 2.05) is 26.0 Å². The van der Waals surface area contributed by atoms with Crippen molar-refractivity contribution in [1.82, 2.24) is 0 Å². The molecule has 0 radical (unpaired) electrons. The summed E-state index contributed by atoms with van der Waals surface area (Å²) in [5.41, 5.74) is 9.74. The van der Waals surface area contributed by atoms with Crippen LogP contribution in [0.15, 0.2) is 36.4 Å². The van der Waals surface area contributed by atoms with Gasteiger partial charge in [-0.2, -0.15) is 0 Å². The molecule has 0 spiro atoms. The van der Waals surface area contributed by atoms with Crippen molar-refractivity contribution in [2.45, 2.75) is 13.8 Å². The second-order valence-corrected chi connectivity index (χ2v) is 4.71. The molecule has 2 aromatic rings. The molecular weight excluding hydrogens is 252 g/mol. The van der Waals surface area contributed by atoms with E-state index in [1.165, 1.54) is 0 Å². The second kappa shape index (κ2) is 5.65. The molecule has 3 N–H and O–H groups in total. The third-order valence-corrected chi connectivity index (χ3v) is 3.24. The minimum Gasteiger partial charge on any atom is -0.494 e. The Morgan fingerprint density at radius 2 is 1.85 bits per heavy atom. The average Bonchev–Trinajstić information content (AvgIpc) is 2.43. The molecule has 0 aliphatic heterocycles. The van der Waals surface area contributed by atoms with Gasteiger partial charge in [-0.3, -0.25) is 4.79 Å². The second-order valence-electron chi connectivity index (χ2n) is 4.71. The van der Waals surface area contributed by atoms with Gasteiger partial charge in [0.05, 0.1) is 12.8 Å². The normalized spacial score (nSPS) is 10.2. The molecule has 0 bridgehead atoms. The van der Waals surface area contributed by atoms with Crippen molar-refractivity contribution < 1.29 is 9.53 Å². The van der Waals surface area contributed by atoms with Crippen LogP contribution in [0.5, 0.6) is 5.75 Å². The molecule has 0 aliphatic rings. The van der Waals surface area contributed by atoms with Gasteiger partial charge in [-0.15, -0.1) is 0 Å². The zero-order valence-corrected chi connectivity index (χ0v) is 11.9. The maximum Gasteiger partial charge on any atom is 0.255 e. The summed E-state index contributed by atoms with van der Waals surface area (Å²) in [5, 5.41) is 2.83. The summed E-state index contributed by atoms with van der Waals surface area (Å²) in [5.74, 6) is 0.373. The summed E-state index contributed by atoms with van der Waals surface area (Å²) >= 11 is 0. The number of aryl methyl sites for hydroxylation is 2. The molecule has 4 heteroatoms. The fourth-order valence-corrected chi connectivity index (χ4v) is 1.89. The Morgan fingerprint density at radius 3 is 2.50 bits per heavy atom. The van der Waals surface area contributed by atoms with E-state index in [4.69, 9.17) is 10.5 Å². The smallest absolute Gasteiger partial charge is 0.255 e. The van der Waals surface area contributed by atoms with Crippen LogP contribution in [0.3, 0.4) is 0 Å². The van der Waals surface area contributed by atoms with E-state index in [0.29, 0.717) is 22.7 Å².